The Hall–Kier alpha value is -1.85. The normalized spacial score (nSPS) is 15.1. The summed E-state index contributed by atoms with van der Waals surface area (Å²) >= 11 is 6.17. The molecule has 0 atom stereocenters. The number of hydrogen-bond donors (Lipinski definition) is 1. The van der Waals surface area contributed by atoms with Gasteiger partial charge in [-0.15, -0.1) is 0 Å². The summed E-state index contributed by atoms with van der Waals surface area (Å²) in [6.07, 6.45) is 7.49. The van der Waals surface area contributed by atoms with Gasteiger partial charge in [-0.2, -0.15) is 0 Å². The fourth-order valence-corrected chi connectivity index (χ4v) is 3.46. The molecule has 1 aromatic heterocycles. The van der Waals surface area contributed by atoms with E-state index in [1.54, 1.807) is 6.20 Å². The number of aromatic nitrogens is 1. The second-order valence-corrected chi connectivity index (χ2v) is 7.11. The number of carbonyl (C=O) groups excluding carboxylic acids is 1. The summed E-state index contributed by atoms with van der Waals surface area (Å²) < 4.78 is 5.72. The van der Waals surface area contributed by atoms with Gasteiger partial charge in [0, 0.05) is 24.9 Å². The zero-order valence-corrected chi connectivity index (χ0v) is 15.8. The summed E-state index contributed by atoms with van der Waals surface area (Å²) in [5.74, 6) is 1.23. The van der Waals surface area contributed by atoms with Gasteiger partial charge < -0.3 is 14.6 Å². The number of likely N-dealkylation sites (tertiary alicyclic amines) is 1. The third kappa shape index (κ3) is 5.58. The molecule has 6 heteroatoms. The van der Waals surface area contributed by atoms with E-state index in [0.717, 1.165) is 25.1 Å². The highest BCUT2D eigenvalue weighted by Crippen LogP contribution is 2.28. The molecule has 1 aromatic carbocycles. The molecule has 3 rings (SSSR count). The third-order valence-electron chi connectivity index (χ3n) is 4.68. The minimum Gasteiger partial charge on any atom is -0.441 e. The number of rotatable bonds is 8. The lowest BCUT2D eigenvalue weighted by Gasteiger charge is -2.26. The number of aryl methyl sites for hydroxylation is 1. The Morgan fingerprint density at radius 1 is 1.23 bits per heavy atom. The first-order valence-corrected chi connectivity index (χ1v) is 9.79. The van der Waals surface area contributed by atoms with Crippen molar-refractivity contribution in [3.8, 4) is 11.3 Å². The van der Waals surface area contributed by atoms with E-state index in [-0.39, 0.29) is 5.91 Å². The Morgan fingerprint density at radius 3 is 2.85 bits per heavy atom. The minimum absolute atomic E-state index is 0.0427. The maximum Gasteiger partial charge on any atom is 0.220 e. The molecule has 1 aliphatic rings. The molecule has 0 saturated carbocycles. The maximum atomic E-state index is 12.0. The molecule has 1 N–H and O–H groups in total. The lowest BCUT2D eigenvalue weighted by Crippen LogP contribution is -2.33. The fraction of sp³-hybridized carbons (Fsp3) is 0.500. The number of nitrogens with zero attached hydrogens (tertiary/aromatic N) is 2. The molecule has 5 nitrogen and oxygen atoms in total. The SMILES string of the molecule is O=C(CCc1ncc(-c2ccccc2Cl)o1)NCCCN1CCCCC1. The van der Waals surface area contributed by atoms with Gasteiger partial charge in [0.05, 0.1) is 11.2 Å². The van der Waals surface area contributed by atoms with E-state index in [2.05, 4.69) is 15.2 Å². The van der Waals surface area contributed by atoms with E-state index in [0.29, 0.717) is 29.5 Å². The summed E-state index contributed by atoms with van der Waals surface area (Å²) in [7, 11) is 0. The lowest BCUT2D eigenvalue weighted by molar-refractivity contribution is -0.121. The number of oxazole rings is 1. The van der Waals surface area contributed by atoms with Crippen LogP contribution < -0.4 is 5.32 Å². The van der Waals surface area contributed by atoms with Crippen molar-refractivity contribution in [2.75, 3.05) is 26.2 Å². The standard InChI is InChI=1S/C20H26ClN3O2/c21-17-8-3-2-7-16(17)18-15-23-20(26-18)10-9-19(25)22-11-6-14-24-12-4-1-5-13-24/h2-3,7-8,15H,1,4-6,9-14H2,(H,22,25). The smallest absolute Gasteiger partial charge is 0.220 e. The van der Waals surface area contributed by atoms with Crippen LogP contribution in [0.1, 0.15) is 38.0 Å². The quantitative estimate of drug-likeness (QED) is 0.710. The molecule has 1 saturated heterocycles. The van der Waals surface area contributed by atoms with Gasteiger partial charge in [-0.1, -0.05) is 30.2 Å². The summed E-state index contributed by atoms with van der Waals surface area (Å²) in [4.78, 5) is 18.7. The van der Waals surface area contributed by atoms with Crippen LogP contribution in [-0.4, -0.2) is 42.0 Å². The minimum atomic E-state index is 0.0427. The molecule has 0 spiro atoms. The lowest BCUT2D eigenvalue weighted by atomic mass is 10.1. The number of benzene rings is 1. The first-order chi connectivity index (χ1) is 12.7. The molecule has 1 aliphatic heterocycles. The molecule has 0 aliphatic carbocycles. The van der Waals surface area contributed by atoms with Crippen LogP contribution in [0.4, 0.5) is 0 Å². The molecular formula is C20H26ClN3O2. The zero-order chi connectivity index (χ0) is 18.2. The molecule has 2 aromatic rings. The zero-order valence-electron chi connectivity index (χ0n) is 15.0. The van der Waals surface area contributed by atoms with Crippen LogP contribution in [0.3, 0.4) is 0 Å². The monoisotopic (exact) mass is 375 g/mol. The Kier molecular flexibility index (Phi) is 7.09. The van der Waals surface area contributed by atoms with Crippen molar-refractivity contribution in [3.05, 3.63) is 41.4 Å². The van der Waals surface area contributed by atoms with E-state index in [9.17, 15) is 4.79 Å². The molecule has 0 bridgehead atoms. The average Bonchev–Trinajstić information content (AvgIpc) is 3.13. The highest BCUT2D eigenvalue weighted by atomic mass is 35.5. The van der Waals surface area contributed by atoms with Gasteiger partial charge in [0.15, 0.2) is 11.7 Å². The van der Waals surface area contributed by atoms with E-state index in [1.807, 2.05) is 24.3 Å². The van der Waals surface area contributed by atoms with Crippen LogP contribution in [0.5, 0.6) is 0 Å². The number of nitrogens with one attached hydrogen (secondary N) is 1. The summed E-state index contributed by atoms with van der Waals surface area (Å²) in [6, 6.07) is 7.48. The van der Waals surface area contributed by atoms with Crippen molar-refractivity contribution < 1.29 is 9.21 Å². The number of carbonyl (C=O) groups is 1. The average molecular weight is 376 g/mol. The number of piperidine rings is 1. The molecule has 140 valence electrons. The Bertz CT molecular complexity index is 711. The number of halogens is 1. The van der Waals surface area contributed by atoms with Crippen LogP contribution in [0.25, 0.3) is 11.3 Å². The van der Waals surface area contributed by atoms with Gasteiger partial charge in [0.2, 0.25) is 5.91 Å². The Labute approximate surface area is 159 Å². The van der Waals surface area contributed by atoms with Crippen molar-refractivity contribution in [3.63, 3.8) is 0 Å². The number of hydrogen-bond acceptors (Lipinski definition) is 4. The molecule has 0 radical (unpaired) electrons. The van der Waals surface area contributed by atoms with Crippen LogP contribution in [0.2, 0.25) is 5.02 Å². The van der Waals surface area contributed by atoms with Gasteiger partial charge in [0.1, 0.15) is 0 Å². The van der Waals surface area contributed by atoms with Crippen LogP contribution in [0.15, 0.2) is 34.9 Å². The second-order valence-electron chi connectivity index (χ2n) is 6.70. The summed E-state index contributed by atoms with van der Waals surface area (Å²) in [5, 5.41) is 3.61. The van der Waals surface area contributed by atoms with Gasteiger partial charge in [-0.25, -0.2) is 4.98 Å². The van der Waals surface area contributed by atoms with Crippen molar-refractivity contribution in [2.24, 2.45) is 0 Å². The summed E-state index contributed by atoms with van der Waals surface area (Å²) in [5.41, 5.74) is 0.815. The van der Waals surface area contributed by atoms with Crippen LogP contribution in [-0.2, 0) is 11.2 Å². The molecule has 1 amide bonds. The molecule has 26 heavy (non-hydrogen) atoms. The van der Waals surface area contributed by atoms with Crippen molar-refractivity contribution in [1.29, 1.82) is 0 Å². The molecule has 0 unspecified atom stereocenters. The van der Waals surface area contributed by atoms with Gasteiger partial charge in [-0.3, -0.25) is 4.79 Å². The van der Waals surface area contributed by atoms with Crippen LogP contribution >= 0.6 is 11.6 Å². The first-order valence-electron chi connectivity index (χ1n) is 9.41. The Balaban J connectivity index is 1.36. The fourth-order valence-electron chi connectivity index (χ4n) is 3.23. The van der Waals surface area contributed by atoms with Gasteiger partial charge in [-0.05, 0) is 51.0 Å². The first kappa shape index (κ1) is 18.9. The van der Waals surface area contributed by atoms with E-state index >= 15 is 0 Å². The van der Waals surface area contributed by atoms with E-state index in [1.165, 1.54) is 32.4 Å². The van der Waals surface area contributed by atoms with E-state index in [4.69, 9.17) is 16.0 Å². The third-order valence-corrected chi connectivity index (χ3v) is 5.01. The van der Waals surface area contributed by atoms with Gasteiger partial charge in [0.25, 0.3) is 0 Å². The van der Waals surface area contributed by atoms with Gasteiger partial charge >= 0.3 is 0 Å². The van der Waals surface area contributed by atoms with Crippen molar-refractivity contribution in [2.45, 2.75) is 38.5 Å². The predicted octanol–water partition coefficient (Wildman–Crippen LogP) is 3.92. The largest absolute Gasteiger partial charge is 0.441 e. The highest BCUT2D eigenvalue weighted by Gasteiger charge is 2.12. The molecular weight excluding hydrogens is 350 g/mol. The molecule has 1 fully saturated rings. The van der Waals surface area contributed by atoms with Crippen LogP contribution in [0, 0.1) is 0 Å². The van der Waals surface area contributed by atoms with Crippen molar-refractivity contribution in [1.82, 2.24) is 15.2 Å². The van der Waals surface area contributed by atoms with E-state index < -0.39 is 0 Å². The second kappa shape index (κ2) is 9.74. The molecule has 2 heterocycles. The Morgan fingerprint density at radius 2 is 2.04 bits per heavy atom. The highest BCUT2D eigenvalue weighted by molar-refractivity contribution is 6.33. The predicted molar refractivity (Wildman–Crippen MR) is 103 cm³/mol. The number of amides is 1. The maximum absolute atomic E-state index is 12.0. The topological polar surface area (TPSA) is 58.4 Å². The van der Waals surface area contributed by atoms with Crippen molar-refractivity contribution >= 4 is 17.5 Å². The summed E-state index contributed by atoms with van der Waals surface area (Å²) in [6.45, 7) is 4.20.